The zero-order valence-electron chi connectivity index (χ0n) is 20.8. The number of hydrogen-bond donors (Lipinski definition) is 2. The highest BCUT2D eigenvalue weighted by molar-refractivity contribution is 5.85. The van der Waals surface area contributed by atoms with Crippen LogP contribution in [-0.2, 0) is 17.5 Å². The summed E-state index contributed by atoms with van der Waals surface area (Å²) in [7, 11) is 1.37. The molecule has 9 nitrogen and oxygen atoms in total. The molecule has 212 valence electrons. The SMILES string of the molecule is COC[C@@H](CCCn1ccc2cc(-c3ncc(C(F)F)cn3)c(F)cc2c1=O)Nc1cn[nH]c(=O)c1C(F)(F)F. The molecule has 0 aliphatic heterocycles. The third-order valence-corrected chi connectivity index (χ3v) is 6.05. The van der Waals surface area contributed by atoms with E-state index in [2.05, 4.69) is 20.4 Å². The Bertz CT molecular complexity index is 1600. The van der Waals surface area contributed by atoms with Crippen molar-refractivity contribution in [3.05, 3.63) is 80.6 Å². The fourth-order valence-electron chi connectivity index (χ4n) is 4.16. The molecule has 1 atom stereocenters. The Hall–Kier alpha value is -4.27. The number of H-pyrrole nitrogens is 1. The zero-order valence-corrected chi connectivity index (χ0v) is 20.8. The van der Waals surface area contributed by atoms with Gasteiger partial charge in [-0.1, -0.05) is 0 Å². The second kappa shape index (κ2) is 11.9. The summed E-state index contributed by atoms with van der Waals surface area (Å²) in [6, 6.07) is 3.28. The number of benzene rings is 1. The topological polar surface area (TPSA) is 115 Å². The number of alkyl halides is 5. The van der Waals surface area contributed by atoms with Gasteiger partial charge in [-0.3, -0.25) is 9.59 Å². The van der Waals surface area contributed by atoms with E-state index in [0.29, 0.717) is 11.8 Å². The number of nitrogens with one attached hydrogen (secondary N) is 2. The maximum absolute atomic E-state index is 14.9. The summed E-state index contributed by atoms with van der Waals surface area (Å²) in [5.41, 5.74) is -4.28. The predicted molar refractivity (Wildman–Crippen MR) is 133 cm³/mol. The van der Waals surface area contributed by atoms with Gasteiger partial charge in [0.15, 0.2) is 5.82 Å². The summed E-state index contributed by atoms with van der Waals surface area (Å²) in [6.45, 7) is 0.156. The number of methoxy groups -OCH3 is 1. The van der Waals surface area contributed by atoms with Crippen molar-refractivity contribution in [1.82, 2.24) is 24.7 Å². The lowest BCUT2D eigenvalue weighted by Gasteiger charge is -2.21. The first-order valence-corrected chi connectivity index (χ1v) is 11.8. The number of aromatic nitrogens is 5. The Labute approximate surface area is 221 Å². The molecule has 0 fully saturated rings. The Balaban J connectivity index is 1.50. The number of anilines is 1. The van der Waals surface area contributed by atoms with Gasteiger partial charge in [0, 0.05) is 38.3 Å². The van der Waals surface area contributed by atoms with E-state index in [-0.39, 0.29) is 36.3 Å². The molecule has 0 amide bonds. The van der Waals surface area contributed by atoms with E-state index < -0.39 is 52.4 Å². The van der Waals surface area contributed by atoms with Gasteiger partial charge in [0.25, 0.3) is 17.5 Å². The van der Waals surface area contributed by atoms with Crippen LogP contribution in [0.15, 0.2) is 52.6 Å². The molecule has 0 aliphatic rings. The lowest BCUT2D eigenvalue weighted by Crippen LogP contribution is -2.31. The second-order valence-electron chi connectivity index (χ2n) is 8.80. The zero-order chi connectivity index (χ0) is 29.0. The first-order chi connectivity index (χ1) is 19.0. The molecule has 0 unspecified atom stereocenters. The molecule has 2 N–H and O–H groups in total. The van der Waals surface area contributed by atoms with Gasteiger partial charge < -0.3 is 14.6 Å². The third-order valence-electron chi connectivity index (χ3n) is 6.05. The average molecular weight is 568 g/mol. The van der Waals surface area contributed by atoms with Gasteiger partial charge in [-0.05, 0) is 36.4 Å². The summed E-state index contributed by atoms with van der Waals surface area (Å²) in [5.74, 6) is -0.933. The average Bonchev–Trinajstić information content (AvgIpc) is 2.89. The second-order valence-corrected chi connectivity index (χ2v) is 8.80. The number of halogens is 6. The van der Waals surface area contributed by atoms with Crippen LogP contribution in [0.25, 0.3) is 22.2 Å². The van der Waals surface area contributed by atoms with Crippen molar-refractivity contribution in [3.8, 4) is 11.4 Å². The number of rotatable bonds is 10. The predicted octanol–water partition coefficient (Wildman–Crippen LogP) is 4.54. The molecule has 0 saturated heterocycles. The maximum Gasteiger partial charge on any atom is 0.423 e. The Morgan fingerprint density at radius 1 is 1.12 bits per heavy atom. The molecular weight excluding hydrogens is 546 g/mol. The van der Waals surface area contributed by atoms with E-state index in [9.17, 15) is 35.9 Å². The third kappa shape index (κ3) is 6.30. The number of hydrogen-bond acceptors (Lipinski definition) is 7. The van der Waals surface area contributed by atoms with Crippen molar-refractivity contribution < 1.29 is 31.1 Å². The number of nitrogens with zero attached hydrogens (tertiary/aromatic N) is 4. The van der Waals surface area contributed by atoms with Crippen LogP contribution >= 0.6 is 0 Å². The summed E-state index contributed by atoms with van der Waals surface area (Å²) < 4.78 is 86.9. The van der Waals surface area contributed by atoms with Crippen LogP contribution in [0.1, 0.15) is 30.4 Å². The first-order valence-electron chi connectivity index (χ1n) is 11.8. The largest absolute Gasteiger partial charge is 0.423 e. The van der Waals surface area contributed by atoms with E-state index in [1.54, 1.807) is 11.2 Å². The van der Waals surface area contributed by atoms with Crippen molar-refractivity contribution in [2.75, 3.05) is 19.0 Å². The van der Waals surface area contributed by atoms with Crippen molar-refractivity contribution >= 4 is 16.5 Å². The summed E-state index contributed by atoms with van der Waals surface area (Å²) in [6.07, 6.45) is -2.97. The normalized spacial score (nSPS) is 12.7. The summed E-state index contributed by atoms with van der Waals surface area (Å²) in [4.78, 5) is 32.3. The molecule has 1 aromatic carbocycles. The van der Waals surface area contributed by atoms with E-state index >= 15 is 0 Å². The number of ether oxygens (including phenoxy) is 1. The fraction of sp³-hybridized carbons (Fsp3) is 0.320. The van der Waals surface area contributed by atoms with Crippen molar-refractivity contribution in [1.29, 1.82) is 0 Å². The lowest BCUT2D eigenvalue weighted by molar-refractivity contribution is -0.138. The number of aromatic amines is 1. The van der Waals surface area contributed by atoms with Gasteiger partial charge in [-0.25, -0.2) is 28.2 Å². The molecule has 4 aromatic rings. The van der Waals surface area contributed by atoms with Crippen molar-refractivity contribution in [2.45, 2.75) is 38.0 Å². The van der Waals surface area contributed by atoms with E-state index in [1.807, 2.05) is 0 Å². The van der Waals surface area contributed by atoms with Crippen LogP contribution in [0.5, 0.6) is 0 Å². The van der Waals surface area contributed by atoms with Crippen molar-refractivity contribution in [3.63, 3.8) is 0 Å². The standard InChI is InChI=1S/C25H22F6N6O3/c1-40-12-15(35-19-11-34-36-23(38)20(19)25(29,30)31)3-2-5-37-6-4-13-7-17(18(26)8-16(13)24(37)39)22-32-9-14(10-33-22)21(27)28/h4,6-11,15,21H,2-3,5,12H2,1H3,(H2,35,36,38)/t15-/m1/s1. The molecule has 3 aromatic heterocycles. The van der Waals surface area contributed by atoms with Gasteiger partial charge in [-0.2, -0.15) is 18.3 Å². The molecule has 3 heterocycles. The minimum atomic E-state index is -4.91. The van der Waals surface area contributed by atoms with E-state index in [4.69, 9.17) is 4.74 Å². The van der Waals surface area contributed by atoms with Gasteiger partial charge in [0.05, 0.1) is 35.0 Å². The highest BCUT2D eigenvalue weighted by Crippen LogP contribution is 2.32. The van der Waals surface area contributed by atoms with Crippen molar-refractivity contribution in [2.24, 2.45) is 0 Å². The van der Waals surface area contributed by atoms with Crippen LogP contribution < -0.4 is 16.4 Å². The molecule has 15 heteroatoms. The Kier molecular flexibility index (Phi) is 8.52. The smallest absolute Gasteiger partial charge is 0.383 e. The van der Waals surface area contributed by atoms with Crippen LogP contribution in [0.4, 0.5) is 32.0 Å². The van der Waals surface area contributed by atoms with Crippen LogP contribution in [-0.4, -0.2) is 44.5 Å². The molecule has 0 radical (unpaired) electrons. The van der Waals surface area contributed by atoms with E-state index in [1.165, 1.54) is 23.9 Å². The van der Waals surface area contributed by atoms with Gasteiger partial charge in [0.1, 0.15) is 11.4 Å². The van der Waals surface area contributed by atoms with Gasteiger partial charge in [0.2, 0.25) is 0 Å². The monoisotopic (exact) mass is 568 g/mol. The number of pyridine rings is 1. The molecular formula is C25H22F6N6O3. The molecule has 0 spiro atoms. The van der Waals surface area contributed by atoms with Gasteiger partial charge >= 0.3 is 6.18 Å². The fourth-order valence-corrected chi connectivity index (χ4v) is 4.16. The Morgan fingerprint density at radius 2 is 1.85 bits per heavy atom. The molecule has 0 aliphatic carbocycles. The molecule has 40 heavy (non-hydrogen) atoms. The van der Waals surface area contributed by atoms with Crippen LogP contribution in [0, 0.1) is 5.82 Å². The molecule has 0 bridgehead atoms. The number of aryl methyl sites for hydroxylation is 1. The highest BCUT2D eigenvalue weighted by atomic mass is 19.4. The first kappa shape index (κ1) is 28.7. The quantitative estimate of drug-likeness (QED) is 0.270. The van der Waals surface area contributed by atoms with Crippen LogP contribution in [0.2, 0.25) is 0 Å². The minimum Gasteiger partial charge on any atom is -0.383 e. The van der Waals surface area contributed by atoms with Crippen LogP contribution in [0.3, 0.4) is 0 Å². The molecule has 4 rings (SSSR count). The van der Waals surface area contributed by atoms with Gasteiger partial charge in [-0.15, -0.1) is 0 Å². The maximum atomic E-state index is 14.9. The summed E-state index contributed by atoms with van der Waals surface area (Å²) >= 11 is 0. The highest BCUT2D eigenvalue weighted by Gasteiger charge is 2.37. The minimum absolute atomic E-state index is 0.00503. The van der Waals surface area contributed by atoms with E-state index in [0.717, 1.165) is 24.7 Å². The summed E-state index contributed by atoms with van der Waals surface area (Å²) in [5, 5.41) is 8.27. The Morgan fingerprint density at radius 3 is 2.50 bits per heavy atom. The lowest BCUT2D eigenvalue weighted by atomic mass is 10.1. The number of fused-ring (bicyclic) bond motifs is 1. The molecule has 0 saturated carbocycles.